The van der Waals surface area contributed by atoms with E-state index in [1.54, 1.807) is 30.3 Å². The summed E-state index contributed by atoms with van der Waals surface area (Å²) in [5.74, 6) is -2.04. The van der Waals surface area contributed by atoms with Crippen molar-refractivity contribution in [2.24, 2.45) is 5.92 Å². The lowest BCUT2D eigenvalue weighted by molar-refractivity contribution is 0.0730. The molecular formula is C34H39F3O3. The highest BCUT2D eigenvalue weighted by Crippen LogP contribution is 2.39. The third kappa shape index (κ3) is 7.67. The second-order valence-corrected chi connectivity index (χ2v) is 11.0. The molecule has 0 radical (unpaired) electrons. The topological polar surface area (TPSA) is 35.5 Å². The molecule has 0 aromatic heterocycles. The van der Waals surface area contributed by atoms with E-state index in [9.17, 15) is 13.6 Å². The average molecular weight is 553 g/mol. The summed E-state index contributed by atoms with van der Waals surface area (Å²) >= 11 is 0. The van der Waals surface area contributed by atoms with Crippen LogP contribution in [0.25, 0.3) is 11.1 Å². The van der Waals surface area contributed by atoms with Crippen molar-refractivity contribution in [3.05, 3.63) is 83.2 Å². The second kappa shape index (κ2) is 14.4. The van der Waals surface area contributed by atoms with E-state index in [-0.39, 0.29) is 22.8 Å². The van der Waals surface area contributed by atoms with Crippen molar-refractivity contribution in [3.63, 3.8) is 0 Å². The average Bonchev–Trinajstić information content (AvgIpc) is 2.95. The summed E-state index contributed by atoms with van der Waals surface area (Å²) in [6.07, 6.45) is 10.6. The highest BCUT2D eigenvalue weighted by Gasteiger charge is 2.25. The maximum absolute atomic E-state index is 15.0. The molecule has 4 rings (SSSR count). The summed E-state index contributed by atoms with van der Waals surface area (Å²) in [6, 6.07) is 13.4. The van der Waals surface area contributed by atoms with Gasteiger partial charge in [-0.25, -0.2) is 18.0 Å². The summed E-state index contributed by atoms with van der Waals surface area (Å²) < 4.78 is 55.6. The van der Waals surface area contributed by atoms with E-state index in [2.05, 4.69) is 13.8 Å². The first-order valence-corrected chi connectivity index (χ1v) is 14.6. The molecule has 40 heavy (non-hydrogen) atoms. The molecule has 0 heterocycles. The van der Waals surface area contributed by atoms with Gasteiger partial charge in [0, 0.05) is 11.6 Å². The Hall–Kier alpha value is -3.28. The molecule has 1 fully saturated rings. The van der Waals surface area contributed by atoms with Crippen LogP contribution in [0.5, 0.6) is 11.5 Å². The quantitative estimate of drug-likeness (QED) is 0.127. The lowest BCUT2D eigenvalue weighted by atomic mass is 9.79. The zero-order valence-corrected chi connectivity index (χ0v) is 23.5. The van der Waals surface area contributed by atoms with Gasteiger partial charge in [-0.15, -0.1) is 0 Å². The Morgan fingerprint density at radius 2 is 1.48 bits per heavy atom. The lowest BCUT2D eigenvalue weighted by Crippen LogP contribution is -2.13. The summed E-state index contributed by atoms with van der Waals surface area (Å²) in [6.45, 7) is 4.86. The number of unbranched alkanes of at least 4 members (excludes halogenated alkanes) is 5. The van der Waals surface area contributed by atoms with Crippen molar-refractivity contribution >= 4 is 5.97 Å². The molecule has 3 aromatic carbocycles. The fourth-order valence-corrected chi connectivity index (χ4v) is 5.36. The second-order valence-electron chi connectivity index (χ2n) is 11.0. The molecule has 0 spiro atoms. The SMILES string of the molecule is CCCCCCCCOc1ccc(C(=O)Oc2ccc(-c3ccc(C4CCC(C)CC4)c(F)c3F)cc2)c(F)c1. The molecule has 3 nitrogen and oxygen atoms in total. The number of hydrogen-bond acceptors (Lipinski definition) is 3. The van der Waals surface area contributed by atoms with Crippen LogP contribution in [0.1, 0.15) is 99.9 Å². The maximum atomic E-state index is 15.0. The van der Waals surface area contributed by atoms with Gasteiger partial charge in [-0.05, 0) is 66.5 Å². The Labute approximate surface area is 235 Å². The number of halogens is 3. The van der Waals surface area contributed by atoms with Gasteiger partial charge in [0.1, 0.15) is 17.3 Å². The smallest absolute Gasteiger partial charge is 0.346 e. The monoisotopic (exact) mass is 552 g/mol. The van der Waals surface area contributed by atoms with Crippen molar-refractivity contribution in [1.29, 1.82) is 0 Å². The Balaban J connectivity index is 1.34. The summed E-state index contributed by atoms with van der Waals surface area (Å²) in [5, 5.41) is 0. The highest BCUT2D eigenvalue weighted by atomic mass is 19.2. The van der Waals surface area contributed by atoms with Crippen LogP contribution in [-0.4, -0.2) is 12.6 Å². The largest absolute Gasteiger partial charge is 0.493 e. The number of benzene rings is 3. The highest BCUT2D eigenvalue weighted by molar-refractivity contribution is 5.91. The van der Waals surface area contributed by atoms with Crippen molar-refractivity contribution in [1.82, 2.24) is 0 Å². The Morgan fingerprint density at radius 1 is 0.800 bits per heavy atom. The van der Waals surface area contributed by atoms with E-state index in [1.807, 2.05) is 0 Å². The maximum Gasteiger partial charge on any atom is 0.346 e. The van der Waals surface area contributed by atoms with Crippen molar-refractivity contribution in [2.45, 2.75) is 84.0 Å². The van der Waals surface area contributed by atoms with Crippen LogP contribution in [0.15, 0.2) is 54.6 Å². The van der Waals surface area contributed by atoms with Crippen LogP contribution in [-0.2, 0) is 0 Å². The van der Waals surface area contributed by atoms with Gasteiger partial charge in [-0.2, -0.15) is 0 Å². The van der Waals surface area contributed by atoms with Crippen LogP contribution in [0.2, 0.25) is 0 Å². The number of carbonyl (C=O) groups excluding carboxylic acids is 1. The van der Waals surface area contributed by atoms with Gasteiger partial charge in [-0.1, -0.05) is 83.1 Å². The summed E-state index contributed by atoms with van der Waals surface area (Å²) in [7, 11) is 0. The standard InChI is InChI=1S/C34H39F3O3/c1-3-4-5-6-7-8-21-39-27-17-18-30(31(35)22-27)34(38)40-26-15-13-25(14-16-26)29-20-19-28(32(36)33(29)37)24-11-9-23(2)10-12-24/h13-20,22-24H,3-12,21H2,1-2H3. The fourth-order valence-electron chi connectivity index (χ4n) is 5.36. The van der Waals surface area contributed by atoms with Gasteiger partial charge in [-0.3, -0.25) is 0 Å². The predicted molar refractivity (Wildman–Crippen MR) is 152 cm³/mol. The minimum Gasteiger partial charge on any atom is -0.493 e. The lowest BCUT2D eigenvalue weighted by Gasteiger charge is -2.27. The van der Waals surface area contributed by atoms with Crippen molar-refractivity contribution < 1.29 is 27.4 Å². The van der Waals surface area contributed by atoms with Gasteiger partial charge >= 0.3 is 5.97 Å². The molecule has 0 saturated heterocycles. The number of hydrogen-bond donors (Lipinski definition) is 0. The Morgan fingerprint density at radius 3 is 2.17 bits per heavy atom. The summed E-state index contributed by atoms with van der Waals surface area (Å²) in [5.41, 5.74) is 0.834. The number of ether oxygens (including phenoxy) is 2. The Bertz CT molecular complexity index is 1260. The van der Waals surface area contributed by atoms with Crippen molar-refractivity contribution in [2.75, 3.05) is 6.61 Å². The molecular weight excluding hydrogens is 513 g/mol. The molecule has 0 aliphatic heterocycles. The molecule has 0 N–H and O–H groups in total. The first-order chi connectivity index (χ1) is 19.4. The van der Waals surface area contributed by atoms with E-state index in [1.165, 1.54) is 43.5 Å². The van der Waals surface area contributed by atoms with E-state index in [4.69, 9.17) is 9.47 Å². The zero-order chi connectivity index (χ0) is 28.5. The van der Waals surface area contributed by atoms with Gasteiger partial charge in [0.2, 0.25) is 0 Å². The van der Waals surface area contributed by atoms with Gasteiger partial charge < -0.3 is 9.47 Å². The molecule has 1 aliphatic carbocycles. The normalized spacial score (nSPS) is 17.0. The first kappa shape index (κ1) is 29.7. The van der Waals surface area contributed by atoms with E-state index >= 15 is 4.39 Å². The minimum atomic E-state index is -0.873. The number of carbonyl (C=O) groups is 1. The molecule has 214 valence electrons. The number of esters is 1. The molecule has 0 bridgehead atoms. The fraction of sp³-hybridized carbons (Fsp3) is 0.441. The number of rotatable bonds is 12. The third-order valence-corrected chi connectivity index (χ3v) is 7.87. The zero-order valence-electron chi connectivity index (χ0n) is 23.5. The van der Waals surface area contributed by atoms with E-state index in [0.717, 1.165) is 44.9 Å². The molecule has 0 atom stereocenters. The van der Waals surface area contributed by atoms with Crippen LogP contribution >= 0.6 is 0 Å². The van der Waals surface area contributed by atoms with Gasteiger partial charge in [0.25, 0.3) is 0 Å². The molecule has 0 unspecified atom stereocenters. The third-order valence-electron chi connectivity index (χ3n) is 7.87. The summed E-state index contributed by atoms with van der Waals surface area (Å²) in [4.78, 5) is 12.6. The van der Waals surface area contributed by atoms with E-state index in [0.29, 0.717) is 29.4 Å². The first-order valence-electron chi connectivity index (χ1n) is 14.6. The van der Waals surface area contributed by atoms with Crippen LogP contribution in [0.3, 0.4) is 0 Å². The van der Waals surface area contributed by atoms with Gasteiger partial charge in [0.15, 0.2) is 11.6 Å². The minimum absolute atomic E-state index is 0.0443. The van der Waals surface area contributed by atoms with Gasteiger partial charge in [0.05, 0.1) is 12.2 Å². The van der Waals surface area contributed by atoms with Crippen LogP contribution in [0, 0.1) is 23.4 Å². The van der Waals surface area contributed by atoms with Crippen molar-refractivity contribution in [3.8, 4) is 22.6 Å². The Kier molecular flexibility index (Phi) is 10.7. The van der Waals surface area contributed by atoms with Crippen LogP contribution < -0.4 is 9.47 Å². The molecule has 3 aromatic rings. The molecule has 1 saturated carbocycles. The molecule has 6 heteroatoms. The van der Waals surface area contributed by atoms with Crippen LogP contribution in [0.4, 0.5) is 13.2 Å². The molecule has 1 aliphatic rings. The van der Waals surface area contributed by atoms with E-state index < -0.39 is 23.4 Å². The predicted octanol–water partition coefficient (Wildman–Crippen LogP) is 10.0. The molecule has 0 amide bonds.